The number of likely N-dealkylation sites (tertiary alicyclic amines) is 1. The van der Waals surface area contributed by atoms with Crippen LogP contribution in [0, 0.1) is 5.92 Å². The lowest BCUT2D eigenvalue weighted by atomic mass is 9.90. The van der Waals surface area contributed by atoms with E-state index in [-0.39, 0.29) is 11.7 Å². The van der Waals surface area contributed by atoms with Crippen molar-refractivity contribution in [1.29, 1.82) is 0 Å². The van der Waals surface area contributed by atoms with Crippen LogP contribution >= 0.6 is 23.1 Å². The smallest absolute Gasteiger partial charge is 0.193 e. The van der Waals surface area contributed by atoms with Crippen LogP contribution in [-0.4, -0.2) is 39.6 Å². The number of piperidine rings is 1. The van der Waals surface area contributed by atoms with Gasteiger partial charge in [0.25, 0.3) is 0 Å². The van der Waals surface area contributed by atoms with Crippen molar-refractivity contribution in [3.8, 4) is 5.13 Å². The molecule has 1 atom stereocenters. The molecule has 0 radical (unpaired) electrons. The number of rotatable bonds is 6. The van der Waals surface area contributed by atoms with Gasteiger partial charge in [-0.25, -0.2) is 4.98 Å². The third-order valence-electron chi connectivity index (χ3n) is 5.09. The molecule has 4 nitrogen and oxygen atoms in total. The van der Waals surface area contributed by atoms with E-state index in [1.165, 1.54) is 10.6 Å². The summed E-state index contributed by atoms with van der Waals surface area (Å²) in [5.41, 5.74) is 2.06. The second kappa shape index (κ2) is 8.42. The average molecular weight is 398 g/mol. The lowest BCUT2D eigenvalue weighted by molar-refractivity contribution is 0.0809. The standard InChI is InChI=1S/C21H23N3OS2/c1-26-19-8-6-16(7-9-19)20(25)17-4-2-11-23(14-17)15-18-5-3-12-24(18)21-22-10-13-27-21/h3,5-10,12-13,17H,2,4,11,14-15H2,1H3. The molecule has 1 saturated heterocycles. The summed E-state index contributed by atoms with van der Waals surface area (Å²) >= 11 is 3.34. The molecule has 27 heavy (non-hydrogen) atoms. The van der Waals surface area contributed by atoms with E-state index in [1.54, 1.807) is 23.1 Å². The van der Waals surface area contributed by atoms with E-state index in [2.05, 4.69) is 39.0 Å². The van der Waals surface area contributed by atoms with Crippen LogP contribution in [-0.2, 0) is 6.54 Å². The summed E-state index contributed by atoms with van der Waals surface area (Å²) in [6.45, 7) is 2.71. The Morgan fingerprint density at radius 2 is 2.15 bits per heavy atom. The number of hydrogen-bond acceptors (Lipinski definition) is 5. The SMILES string of the molecule is CSc1ccc(C(=O)C2CCCN(Cc3cccn3-c3nccs3)C2)cc1. The van der Waals surface area contributed by atoms with E-state index in [9.17, 15) is 4.79 Å². The molecule has 4 rings (SSSR count). The van der Waals surface area contributed by atoms with Crippen molar-refractivity contribution >= 4 is 28.9 Å². The van der Waals surface area contributed by atoms with Gasteiger partial charge in [-0.1, -0.05) is 12.1 Å². The first-order valence-corrected chi connectivity index (χ1v) is 11.3. The average Bonchev–Trinajstić information content (AvgIpc) is 3.39. The molecule has 3 heterocycles. The second-order valence-corrected chi connectivity index (χ2v) is 8.60. The highest BCUT2D eigenvalue weighted by molar-refractivity contribution is 7.98. The number of Topliss-reactive ketones (excluding diaryl/α,β-unsaturated/α-hetero) is 1. The maximum Gasteiger partial charge on any atom is 0.193 e. The Labute approximate surface area is 168 Å². The third-order valence-corrected chi connectivity index (χ3v) is 6.61. The highest BCUT2D eigenvalue weighted by atomic mass is 32.2. The number of ketones is 1. The number of thiazole rings is 1. The van der Waals surface area contributed by atoms with Gasteiger partial charge in [-0.05, 0) is 49.9 Å². The number of carbonyl (C=O) groups is 1. The van der Waals surface area contributed by atoms with Crippen LogP contribution in [0.25, 0.3) is 5.13 Å². The Kier molecular flexibility index (Phi) is 5.76. The fraction of sp³-hybridized carbons (Fsp3) is 0.333. The van der Waals surface area contributed by atoms with Gasteiger partial charge in [0.1, 0.15) is 0 Å². The predicted molar refractivity (Wildman–Crippen MR) is 112 cm³/mol. The molecule has 1 aliphatic rings. The van der Waals surface area contributed by atoms with Crippen molar-refractivity contribution in [2.75, 3.05) is 19.3 Å². The first-order chi connectivity index (χ1) is 13.2. The highest BCUT2D eigenvalue weighted by Gasteiger charge is 2.27. The maximum absolute atomic E-state index is 13.0. The van der Waals surface area contributed by atoms with Gasteiger partial charge in [-0.15, -0.1) is 23.1 Å². The Hall–Kier alpha value is -1.89. The summed E-state index contributed by atoms with van der Waals surface area (Å²) in [5, 5.41) is 2.99. The topological polar surface area (TPSA) is 38.1 Å². The fourth-order valence-electron chi connectivity index (χ4n) is 3.70. The molecule has 140 valence electrons. The third kappa shape index (κ3) is 4.18. The number of benzene rings is 1. The number of aromatic nitrogens is 2. The number of thioether (sulfide) groups is 1. The minimum atomic E-state index is 0.0853. The predicted octanol–water partition coefficient (Wildman–Crippen LogP) is 4.75. The zero-order valence-electron chi connectivity index (χ0n) is 15.4. The molecule has 0 amide bonds. The van der Waals surface area contributed by atoms with Crippen molar-refractivity contribution < 1.29 is 4.79 Å². The molecule has 1 unspecified atom stereocenters. The molecule has 0 aliphatic carbocycles. The van der Waals surface area contributed by atoms with Crippen LogP contribution in [0.3, 0.4) is 0 Å². The lowest BCUT2D eigenvalue weighted by Gasteiger charge is -2.32. The van der Waals surface area contributed by atoms with Crippen LogP contribution in [0.2, 0.25) is 0 Å². The Morgan fingerprint density at radius 3 is 2.89 bits per heavy atom. The van der Waals surface area contributed by atoms with Crippen LogP contribution in [0.1, 0.15) is 28.9 Å². The lowest BCUT2D eigenvalue weighted by Crippen LogP contribution is -2.38. The van der Waals surface area contributed by atoms with Gasteiger partial charge in [0.15, 0.2) is 10.9 Å². The van der Waals surface area contributed by atoms with Gasteiger partial charge < -0.3 is 0 Å². The fourth-order valence-corrected chi connectivity index (χ4v) is 4.76. The van der Waals surface area contributed by atoms with E-state index in [0.29, 0.717) is 0 Å². The number of carbonyl (C=O) groups excluding carboxylic acids is 1. The summed E-state index contributed by atoms with van der Waals surface area (Å²) < 4.78 is 2.15. The summed E-state index contributed by atoms with van der Waals surface area (Å²) in [6, 6.07) is 12.2. The van der Waals surface area contributed by atoms with Crippen LogP contribution in [0.15, 0.2) is 59.1 Å². The van der Waals surface area contributed by atoms with Crippen LogP contribution in [0.5, 0.6) is 0 Å². The Morgan fingerprint density at radius 1 is 1.30 bits per heavy atom. The quantitative estimate of drug-likeness (QED) is 0.444. The molecule has 1 aliphatic heterocycles. The molecule has 2 aromatic heterocycles. The first-order valence-electron chi connectivity index (χ1n) is 9.21. The van der Waals surface area contributed by atoms with E-state index in [0.717, 1.165) is 43.2 Å². The molecule has 6 heteroatoms. The van der Waals surface area contributed by atoms with E-state index in [4.69, 9.17) is 0 Å². The molecule has 0 spiro atoms. The number of hydrogen-bond donors (Lipinski definition) is 0. The van der Waals surface area contributed by atoms with Crippen molar-refractivity contribution in [3.05, 3.63) is 65.4 Å². The van der Waals surface area contributed by atoms with E-state index < -0.39 is 0 Å². The minimum absolute atomic E-state index is 0.0853. The molecule has 1 fully saturated rings. The molecule has 0 N–H and O–H groups in total. The Bertz CT molecular complexity index is 887. The molecule has 0 bridgehead atoms. The van der Waals surface area contributed by atoms with Crippen LogP contribution in [0.4, 0.5) is 0 Å². The minimum Gasteiger partial charge on any atom is -0.297 e. The van der Waals surface area contributed by atoms with E-state index in [1.807, 2.05) is 35.8 Å². The normalized spacial score (nSPS) is 17.9. The molecule has 1 aromatic carbocycles. The van der Waals surface area contributed by atoms with Gasteiger partial charge in [0.05, 0.1) is 0 Å². The Balaban J connectivity index is 1.44. The first kappa shape index (κ1) is 18.5. The maximum atomic E-state index is 13.0. The van der Waals surface area contributed by atoms with Gasteiger partial charge in [0, 0.05) is 52.9 Å². The monoisotopic (exact) mass is 397 g/mol. The second-order valence-electron chi connectivity index (χ2n) is 6.85. The summed E-state index contributed by atoms with van der Waals surface area (Å²) in [6.07, 6.45) is 8.00. The van der Waals surface area contributed by atoms with Crippen molar-refractivity contribution in [2.45, 2.75) is 24.3 Å². The van der Waals surface area contributed by atoms with Gasteiger partial charge in [-0.2, -0.15) is 0 Å². The van der Waals surface area contributed by atoms with Gasteiger partial charge in [0.2, 0.25) is 0 Å². The summed E-state index contributed by atoms with van der Waals surface area (Å²) in [7, 11) is 0. The van der Waals surface area contributed by atoms with Crippen LogP contribution < -0.4 is 0 Å². The molecular weight excluding hydrogens is 374 g/mol. The zero-order valence-corrected chi connectivity index (χ0v) is 17.0. The van der Waals surface area contributed by atoms with Crippen molar-refractivity contribution in [3.63, 3.8) is 0 Å². The highest BCUT2D eigenvalue weighted by Crippen LogP contribution is 2.25. The van der Waals surface area contributed by atoms with Crippen molar-refractivity contribution in [1.82, 2.24) is 14.5 Å². The molecule has 0 saturated carbocycles. The van der Waals surface area contributed by atoms with Gasteiger partial charge >= 0.3 is 0 Å². The zero-order chi connectivity index (χ0) is 18.6. The summed E-state index contributed by atoms with van der Waals surface area (Å²) in [5.74, 6) is 0.366. The molecule has 3 aromatic rings. The molecular formula is C21H23N3OS2. The largest absolute Gasteiger partial charge is 0.297 e. The summed E-state index contributed by atoms with van der Waals surface area (Å²) in [4.78, 5) is 21.0. The van der Waals surface area contributed by atoms with Crippen molar-refractivity contribution in [2.24, 2.45) is 5.92 Å². The van der Waals surface area contributed by atoms with E-state index >= 15 is 0 Å². The van der Waals surface area contributed by atoms with Gasteiger partial charge in [-0.3, -0.25) is 14.3 Å². The number of nitrogens with zero attached hydrogens (tertiary/aromatic N) is 3.